The van der Waals surface area contributed by atoms with Crippen LogP contribution in [0.15, 0.2) is 30.5 Å². The number of hydrogen-bond acceptors (Lipinski definition) is 3. The maximum atomic E-state index is 13.7. The Bertz CT molecular complexity index is 578. The van der Waals surface area contributed by atoms with Crippen molar-refractivity contribution in [2.75, 3.05) is 7.11 Å². The number of carbonyl (C=O) groups excluding carboxylic acids is 1. The maximum absolute atomic E-state index is 13.7. The first-order valence-corrected chi connectivity index (χ1v) is 5.47. The molecule has 0 bridgehead atoms. The molecule has 0 N–H and O–H groups in total. The van der Waals surface area contributed by atoms with Crippen LogP contribution in [0.1, 0.15) is 21.6 Å². The second-order valence-electron chi connectivity index (χ2n) is 3.94. The summed E-state index contributed by atoms with van der Waals surface area (Å²) in [5, 5.41) is 4.12. The quantitative estimate of drug-likeness (QED) is 0.782. The van der Waals surface area contributed by atoms with Crippen molar-refractivity contribution in [1.29, 1.82) is 0 Å². The Hall–Kier alpha value is -2.17. The SMILES string of the molecule is COC(=O)c1ccc(Cn2nccc2C)cc1F. The van der Waals surface area contributed by atoms with E-state index in [1.165, 1.54) is 19.2 Å². The summed E-state index contributed by atoms with van der Waals surface area (Å²) in [6, 6.07) is 6.32. The molecule has 0 atom stereocenters. The van der Waals surface area contributed by atoms with E-state index in [9.17, 15) is 9.18 Å². The average Bonchev–Trinajstić information content (AvgIpc) is 2.74. The fourth-order valence-corrected chi connectivity index (χ4v) is 1.67. The number of rotatable bonds is 3. The Morgan fingerprint density at radius 2 is 2.22 bits per heavy atom. The van der Waals surface area contributed by atoms with E-state index in [0.717, 1.165) is 11.3 Å². The molecule has 2 aromatic rings. The first-order chi connectivity index (χ1) is 8.61. The number of methoxy groups -OCH3 is 1. The van der Waals surface area contributed by atoms with E-state index in [1.807, 2.05) is 13.0 Å². The van der Waals surface area contributed by atoms with Crippen LogP contribution in [0.4, 0.5) is 4.39 Å². The molecule has 1 aromatic heterocycles. The smallest absolute Gasteiger partial charge is 0.340 e. The molecule has 1 heterocycles. The highest BCUT2D eigenvalue weighted by Crippen LogP contribution is 2.13. The predicted molar refractivity (Wildman–Crippen MR) is 63.8 cm³/mol. The molecule has 0 saturated carbocycles. The van der Waals surface area contributed by atoms with Crippen molar-refractivity contribution in [3.8, 4) is 0 Å². The minimum absolute atomic E-state index is 0.0570. The fourth-order valence-electron chi connectivity index (χ4n) is 1.67. The molecule has 0 radical (unpaired) electrons. The molecule has 0 aliphatic carbocycles. The topological polar surface area (TPSA) is 44.1 Å². The van der Waals surface area contributed by atoms with Gasteiger partial charge in [-0.1, -0.05) is 6.07 Å². The molecule has 4 nitrogen and oxygen atoms in total. The lowest BCUT2D eigenvalue weighted by molar-refractivity contribution is 0.0595. The number of hydrogen-bond donors (Lipinski definition) is 0. The molecule has 0 aliphatic rings. The van der Waals surface area contributed by atoms with Crippen LogP contribution >= 0.6 is 0 Å². The van der Waals surface area contributed by atoms with Crippen LogP contribution in [0.5, 0.6) is 0 Å². The lowest BCUT2D eigenvalue weighted by Crippen LogP contribution is -2.07. The third kappa shape index (κ3) is 2.40. The van der Waals surface area contributed by atoms with Gasteiger partial charge in [0.15, 0.2) is 0 Å². The van der Waals surface area contributed by atoms with Crippen LogP contribution in [-0.2, 0) is 11.3 Å². The highest BCUT2D eigenvalue weighted by molar-refractivity contribution is 5.89. The highest BCUT2D eigenvalue weighted by Gasteiger charge is 2.12. The summed E-state index contributed by atoms with van der Waals surface area (Å²) in [6.45, 7) is 2.39. The van der Waals surface area contributed by atoms with Gasteiger partial charge in [-0.2, -0.15) is 5.10 Å². The molecular weight excluding hydrogens is 235 g/mol. The van der Waals surface area contributed by atoms with Crippen LogP contribution in [0.3, 0.4) is 0 Å². The third-order valence-electron chi connectivity index (χ3n) is 2.70. The average molecular weight is 248 g/mol. The van der Waals surface area contributed by atoms with Crippen molar-refractivity contribution in [3.05, 3.63) is 53.1 Å². The molecule has 0 saturated heterocycles. The van der Waals surface area contributed by atoms with Gasteiger partial charge in [0.2, 0.25) is 0 Å². The Morgan fingerprint density at radius 1 is 1.44 bits per heavy atom. The van der Waals surface area contributed by atoms with Gasteiger partial charge >= 0.3 is 5.97 Å². The number of benzene rings is 1. The number of ether oxygens (including phenoxy) is 1. The summed E-state index contributed by atoms with van der Waals surface area (Å²) in [4.78, 5) is 11.2. The van der Waals surface area contributed by atoms with E-state index < -0.39 is 11.8 Å². The van der Waals surface area contributed by atoms with E-state index in [-0.39, 0.29) is 5.56 Å². The standard InChI is InChI=1S/C13H13FN2O2/c1-9-5-6-15-16(9)8-10-3-4-11(12(14)7-10)13(17)18-2/h3-7H,8H2,1-2H3. The second kappa shape index (κ2) is 5.00. The molecule has 94 valence electrons. The number of nitrogens with zero attached hydrogens (tertiary/aromatic N) is 2. The second-order valence-corrected chi connectivity index (χ2v) is 3.94. The zero-order valence-electron chi connectivity index (χ0n) is 10.2. The van der Waals surface area contributed by atoms with Crippen molar-refractivity contribution in [2.45, 2.75) is 13.5 Å². The lowest BCUT2D eigenvalue weighted by atomic mass is 10.1. The summed E-state index contributed by atoms with van der Waals surface area (Å²) in [5.74, 6) is -1.25. The van der Waals surface area contributed by atoms with Gasteiger partial charge in [-0.15, -0.1) is 0 Å². The maximum Gasteiger partial charge on any atom is 0.340 e. The summed E-state index contributed by atoms with van der Waals surface area (Å²) < 4.78 is 19.9. The van der Waals surface area contributed by atoms with Gasteiger partial charge in [-0.05, 0) is 30.7 Å². The van der Waals surface area contributed by atoms with Gasteiger partial charge in [0.25, 0.3) is 0 Å². The molecule has 1 aromatic carbocycles. The van der Waals surface area contributed by atoms with Crippen molar-refractivity contribution in [1.82, 2.24) is 9.78 Å². The Kier molecular flexibility index (Phi) is 3.41. The van der Waals surface area contributed by atoms with Gasteiger partial charge in [0.05, 0.1) is 19.2 Å². The van der Waals surface area contributed by atoms with Crippen molar-refractivity contribution in [3.63, 3.8) is 0 Å². The molecule has 0 amide bonds. The molecule has 0 spiro atoms. The summed E-state index contributed by atoms with van der Waals surface area (Å²) in [7, 11) is 1.22. The molecule has 0 unspecified atom stereocenters. The van der Waals surface area contributed by atoms with Crippen molar-refractivity contribution in [2.24, 2.45) is 0 Å². The molecule has 5 heteroatoms. The van der Waals surface area contributed by atoms with Gasteiger partial charge in [0, 0.05) is 11.9 Å². The largest absolute Gasteiger partial charge is 0.465 e. The monoisotopic (exact) mass is 248 g/mol. The zero-order valence-corrected chi connectivity index (χ0v) is 10.2. The lowest BCUT2D eigenvalue weighted by Gasteiger charge is -2.06. The van der Waals surface area contributed by atoms with Crippen LogP contribution in [0.2, 0.25) is 0 Å². The fraction of sp³-hybridized carbons (Fsp3) is 0.231. The minimum Gasteiger partial charge on any atom is -0.465 e. The molecule has 0 fully saturated rings. The first-order valence-electron chi connectivity index (χ1n) is 5.47. The highest BCUT2D eigenvalue weighted by atomic mass is 19.1. The minimum atomic E-state index is -0.672. The van der Waals surface area contributed by atoms with E-state index in [0.29, 0.717) is 6.54 Å². The third-order valence-corrected chi connectivity index (χ3v) is 2.70. The molecule has 18 heavy (non-hydrogen) atoms. The summed E-state index contributed by atoms with van der Waals surface area (Å²) >= 11 is 0. The van der Waals surface area contributed by atoms with Gasteiger partial charge in [-0.3, -0.25) is 4.68 Å². The number of carbonyl (C=O) groups is 1. The van der Waals surface area contributed by atoms with Crippen LogP contribution in [-0.4, -0.2) is 22.9 Å². The molecule has 0 aliphatic heterocycles. The predicted octanol–water partition coefficient (Wildman–Crippen LogP) is 2.17. The Labute approximate surface area is 104 Å². The molecular formula is C13H13FN2O2. The van der Waals surface area contributed by atoms with Gasteiger partial charge in [0.1, 0.15) is 5.82 Å². The summed E-state index contributed by atoms with van der Waals surface area (Å²) in [5.41, 5.74) is 1.68. The normalized spacial score (nSPS) is 10.4. The van der Waals surface area contributed by atoms with E-state index >= 15 is 0 Å². The van der Waals surface area contributed by atoms with Gasteiger partial charge in [-0.25, -0.2) is 9.18 Å². The number of aromatic nitrogens is 2. The molecule has 2 rings (SSSR count). The van der Waals surface area contributed by atoms with Crippen molar-refractivity contribution < 1.29 is 13.9 Å². The first kappa shape index (κ1) is 12.3. The number of esters is 1. The van der Waals surface area contributed by atoms with Crippen LogP contribution in [0, 0.1) is 12.7 Å². The Balaban J connectivity index is 2.24. The zero-order chi connectivity index (χ0) is 13.1. The summed E-state index contributed by atoms with van der Waals surface area (Å²) in [6.07, 6.45) is 1.69. The number of halogens is 1. The van der Waals surface area contributed by atoms with E-state index in [4.69, 9.17) is 0 Å². The van der Waals surface area contributed by atoms with Crippen molar-refractivity contribution >= 4 is 5.97 Å². The van der Waals surface area contributed by atoms with Crippen LogP contribution in [0.25, 0.3) is 0 Å². The number of aryl methyl sites for hydroxylation is 1. The van der Waals surface area contributed by atoms with E-state index in [2.05, 4.69) is 9.84 Å². The van der Waals surface area contributed by atoms with Crippen LogP contribution < -0.4 is 0 Å². The van der Waals surface area contributed by atoms with E-state index in [1.54, 1.807) is 16.9 Å². The van der Waals surface area contributed by atoms with Gasteiger partial charge < -0.3 is 4.74 Å². The Morgan fingerprint density at radius 3 is 2.78 bits per heavy atom.